The molecule has 0 aliphatic rings. The van der Waals surface area contributed by atoms with E-state index in [4.69, 9.17) is 9.84 Å². The number of thiophene rings is 1. The maximum Gasteiger partial charge on any atom is 0.349 e. The summed E-state index contributed by atoms with van der Waals surface area (Å²) >= 11 is 4.65. The minimum atomic E-state index is -0.969. The average molecular weight is 345 g/mol. The first-order valence-electron chi connectivity index (χ1n) is 5.68. The fourth-order valence-corrected chi connectivity index (χ4v) is 3.09. The van der Waals surface area contributed by atoms with Gasteiger partial charge in [0.05, 0.1) is 15.9 Å². The third-order valence-electron chi connectivity index (χ3n) is 2.69. The van der Waals surface area contributed by atoms with Crippen molar-refractivity contribution in [3.05, 3.63) is 32.2 Å². The van der Waals surface area contributed by atoms with E-state index >= 15 is 0 Å². The van der Waals surface area contributed by atoms with Gasteiger partial charge in [-0.1, -0.05) is 6.92 Å². The molecule has 0 saturated carbocycles. The maximum absolute atomic E-state index is 11.0. The molecule has 2 aromatic rings. The highest BCUT2D eigenvalue weighted by atomic mass is 79.9. The number of halogens is 1. The maximum atomic E-state index is 11.0. The Morgan fingerprint density at radius 1 is 1.63 bits per heavy atom. The second kappa shape index (κ2) is 5.75. The van der Waals surface area contributed by atoms with Crippen LogP contribution in [0.2, 0.25) is 0 Å². The normalized spacial score (nSPS) is 10.7. The molecule has 0 radical (unpaired) electrons. The molecule has 0 aliphatic carbocycles. The summed E-state index contributed by atoms with van der Waals surface area (Å²) < 4.78 is 8.25. The predicted molar refractivity (Wildman–Crippen MR) is 75.9 cm³/mol. The molecule has 5 nitrogen and oxygen atoms in total. The van der Waals surface area contributed by atoms with Crippen LogP contribution < -0.4 is 4.74 Å². The van der Waals surface area contributed by atoms with Gasteiger partial charge in [-0.2, -0.15) is 5.10 Å². The van der Waals surface area contributed by atoms with Gasteiger partial charge in [0.2, 0.25) is 0 Å². The lowest BCUT2D eigenvalue weighted by Crippen LogP contribution is -2.05. The molecule has 0 unspecified atom stereocenters. The number of rotatable bonds is 5. The van der Waals surface area contributed by atoms with E-state index in [1.165, 1.54) is 0 Å². The van der Waals surface area contributed by atoms with Gasteiger partial charge in [-0.15, -0.1) is 11.3 Å². The molecule has 0 saturated heterocycles. The Morgan fingerprint density at radius 3 is 2.95 bits per heavy atom. The van der Waals surface area contributed by atoms with Crippen LogP contribution in [-0.4, -0.2) is 20.9 Å². The van der Waals surface area contributed by atoms with Gasteiger partial charge in [-0.05, 0) is 33.8 Å². The zero-order valence-electron chi connectivity index (χ0n) is 10.5. The number of hydrogen-bond donors (Lipinski definition) is 1. The van der Waals surface area contributed by atoms with Gasteiger partial charge >= 0.3 is 5.97 Å². The van der Waals surface area contributed by atoms with Crippen LogP contribution in [0.4, 0.5) is 0 Å². The highest BCUT2D eigenvalue weighted by molar-refractivity contribution is 9.10. The molecule has 1 N–H and O–H groups in total. The van der Waals surface area contributed by atoms with Gasteiger partial charge in [-0.3, -0.25) is 4.68 Å². The zero-order valence-corrected chi connectivity index (χ0v) is 12.9. The second-order valence-electron chi connectivity index (χ2n) is 3.89. The summed E-state index contributed by atoms with van der Waals surface area (Å²) in [6.45, 7) is 2.31. The van der Waals surface area contributed by atoms with E-state index in [1.807, 2.05) is 14.0 Å². The monoisotopic (exact) mass is 344 g/mol. The molecule has 7 heteroatoms. The quantitative estimate of drug-likeness (QED) is 0.905. The lowest BCUT2D eigenvalue weighted by Gasteiger charge is -2.06. The van der Waals surface area contributed by atoms with Crippen LogP contribution in [0.15, 0.2) is 15.9 Å². The molecule has 0 bridgehead atoms. The largest absolute Gasteiger partial charge is 0.485 e. The van der Waals surface area contributed by atoms with Crippen LogP contribution in [0.25, 0.3) is 0 Å². The molecule has 0 atom stereocenters. The number of hydrogen-bond acceptors (Lipinski definition) is 4. The van der Waals surface area contributed by atoms with E-state index < -0.39 is 5.97 Å². The predicted octanol–water partition coefficient (Wildman–Crippen LogP) is 3.08. The molecule has 19 heavy (non-hydrogen) atoms. The third-order valence-corrected chi connectivity index (χ3v) is 4.49. The molecular weight excluding hydrogens is 332 g/mol. The zero-order chi connectivity index (χ0) is 14.0. The molecule has 0 amide bonds. The summed E-state index contributed by atoms with van der Waals surface area (Å²) in [4.78, 5) is 11.2. The van der Waals surface area contributed by atoms with E-state index in [0.29, 0.717) is 5.75 Å². The first kappa shape index (κ1) is 14.1. The van der Waals surface area contributed by atoms with Crippen molar-refractivity contribution >= 4 is 33.2 Å². The van der Waals surface area contributed by atoms with Crippen molar-refractivity contribution in [2.75, 3.05) is 0 Å². The van der Waals surface area contributed by atoms with E-state index in [-0.39, 0.29) is 11.5 Å². The summed E-state index contributed by atoms with van der Waals surface area (Å²) in [5, 5.41) is 15.1. The number of ether oxygens (including phenoxy) is 1. The number of aryl methyl sites for hydroxylation is 2. The number of aromatic carboxylic acids is 1. The van der Waals surface area contributed by atoms with Crippen molar-refractivity contribution in [1.82, 2.24) is 9.78 Å². The molecule has 0 fully saturated rings. The first-order valence-corrected chi connectivity index (χ1v) is 7.35. The number of carboxylic acids is 1. The lowest BCUT2D eigenvalue weighted by atomic mass is 10.3. The van der Waals surface area contributed by atoms with Gasteiger partial charge in [0.15, 0.2) is 4.88 Å². The molecule has 102 valence electrons. The number of carbonyl (C=O) groups is 1. The Kier molecular flexibility index (Phi) is 4.26. The van der Waals surface area contributed by atoms with Crippen LogP contribution >= 0.6 is 27.3 Å². The van der Waals surface area contributed by atoms with E-state index in [1.54, 1.807) is 16.1 Å². The molecule has 2 aromatic heterocycles. The second-order valence-corrected chi connectivity index (χ2v) is 5.60. The summed E-state index contributed by atoms with van der Waals surface area (Å²) in [7, 11) is 1.84. The number of nitrogens with zero attached hydrogens (tertiary/aromatic N) is 2. The van der Waals surface area contributed by atoms with Crippen LogP contribution in [0.5, 0.6) is 5.75 Å². The van der Waals surface area contributed by atoms with Crippen molar-refractivity contribution in [3.63, 3.8) is 0 Å². The van der Waals surface area contributed by atoms with Gasteiger partial charge in [0.25, 0.3) is 0 Å². The molecular formula is C12H13BrN2O3S. The van der Waals surface area contributed by atoms with E-state index in [2.05, 4.69) is 21.0 Å². The van der Waals surface area contributed by atoms with Crippen LogP contribution in [0.1, 0.15) is 28.0 Å². The summed E-state index contributed by atoms with van der Waals surface area (Å²) in [6.07, 6.45) is 0.827. The van der Waals surface area contributed by atoms with Crippen molar-refractivity contribution < 1.29 is 14.6 Å². The fraction of sp³-hybridized carbons (Fsp3) is 0.333. The van der Waals surface area contributed by atoms with Gasteiger partial charge < -0.3 is 9.84 Å². The Balaban J connectivity index is 2.17. The topological polar surface area (TPSA) is 64.4 Å². The lowest BCUT2D eigenvalue weighted by molar-refractivity contribution is 0.0697. The SMILES string of the molecule is CCc1nn(C)c(COc2ccsc2C(=O)O)c1Br. The molecule has 2 rings (SSSR count). The standard InChI is InChI=1S/C12H13BrN2O3S/c1-3-7-10(13)8(15(2)14-7)6-18-9-4-5-19-11(9)12(16)17/h4-5H,3,6H2,1-2H3,(H,16,17). The minimum absolute atomic E-state index is 0.217. The van der Waals surface area contributed by atoms with Crippen LogP contribution in [-0.2, 0) is 20.1 Å². The van der Waals surface area contributed by atoms with E-state index in [0.717, 1.165) is 33.6 Å². The third kappa shape index (κ3) is 2.82. The van der Waals surface area contributed by atoms with Crippen LogP contribution in [0.3, 0.4) is 0 Å². The van der Waals surface area contributed by atoms with Crippen LogP contribution in [0, 0.1) is 0 Å². The fourth-order valence-electron chi connectivity index (χ4n) is 1.69. The van der Waals surface area contributed by atoms with Crippen molar-refractivity contribution in [2.45, 2.75) is 20.0 Å². The van der Waals surface area contributed by atoms with Crippen molar-refractivity contribution in [2.24, 2.45) is 7.05 Å². The van der Waals surface area contributed by atoms with Gasteiger partial charge in [-0.25, -0.2) is 4.79 Å². The van der Waals surface area contributed by atoms with Crippen molar-refractivity contribution in [3.8, 4) is 5.75 Å². The first-order chi connectivity index (χ1) is 9.04. The molecule has 0 aliphatic heterocycles. The van der Waals surface area contributed by atoms with E-state index in [9.17, 15) is 4.79 Å². The minimum Gasteiger partial charge on any atom is -0.485 e. The molecule has 2 heterocycles. The summed E-state index contributed by atoms with van der Waals surface area (Å²) in [5.41, 5.74) is 1.85. The average Bonchev–Trinajstić information content (AvgIpc) is 2.93. The Morgan fingerprint density at radius 2 is 2.37 bits per heavy atom. The molecule has 0 spiro atoms. The Hall–Kier alpha value is -1.34. The number of carboxylic acid groups (broad SMARTS) is 1. The Bertz CT molecular complexity index is 606. The number of aromatic nitrogens is 2. The molecule has 0 aromatic carbocycles. The highest BCUT2D eigenvalue weighted by Crippen LogP contribution is 2.27. The highest BCUT2D eigenvalue weighted by Gasteiger charge is 2.16. The van der Waals surface area contributed by atoms with Crippen molar-refractivity contribution in [1.29, 1.82) is 0 Å². The van der Waals surface area contributed by atoms with Gasteiger partial charge in [0.1, 0.15) is 12.4 Å². The smallest absolute Gasteiger partial charge is 0.349 e. The summed E-state index contributed by atoms with van der Waals surface area (Å²) in [5.74, 6) is -0.577. The summed E-state index contributed by atoms with van der Waals surface area (Å²) in [6, 6.07) is 1.67. The Labute approximate surface area is 122 Å². The van der Waals surface area contributed by atoms with Gasteiger partial charge in [0, 0.05) is 7.05 Å².